The van der Waals surface area contributed by atoms with Gasteiger partial charge in [-0.25, -0.2) is 9.59 Å². The van der Waals surface area contributed by atoms with Crippen LogP contribution in [0.2, 0.25) is 0 Å². The summed E-state index contributed by atoms with van der Waals surface area (Å²) in [5.41, 5.74) is -0.0822. The number of hydrogen-bond acceptors (Lipinski definition) is 4. The molecule has 0 radical (unpaired) electrons. The van der Waals surface area contributed by atoms with Gasteiger partial charge in [-0.1, -0.05) is 6.92 Å². The number of carboxylic acid groups (broad SMARTS) is 2. The van der Waals surface area contributed by atoms with Gasteiger partial charge in [-0.15, -0.1) is 0 Å². The van der Waals surface area contributed by atoms with Crippen LogP contribution in [0.25, 0.3) is 0 Å². The van der Waals surface area contributed by atoms with Crippen LogP contribution in [0.1, 0.15) is 26.2 Å². The van der Waals surface area contributed by atoms with Crippen LogP contribution >= 0.6 is 0 Å². The second kappa shape index (κ2) is 7.09. The number of rotatable bonds is 6. The van der Waals surface area contributed by atoms with Crippen LogP contribution in [0.4, 0.5) is 4.79 Å². The molecule has 1 saturated heterocycles. The number of carboxylic acids is 2. The number of nitrogens with one attached hydrogen (secondary N) is 2. The fraction of sp³-hybridized carbons (Fsp3) is 0.750. The zero-order valence-corrected chi connectivity index (χ0v) is 11.3. The van der Waals surface area contributed by atoms with E-state index in [-0.39, 0.29) is 5.41 Å². The number of carbonyl (C=O) groups is 3. The molecule has 1 atom stereocenters. The van der Waals surface area contributed by atoms with E-state index in [0.717, 1.165) is 12.8 Å². The van der Waals surface area contributed by atoms with E-state index in [1.807, 2.05) is 6.92 Å². The lowest BCUT2D eigenvalue weighted by Crippen LogP contribution is -2.49. The smallest absolute Gasteiger partial charge is 0.326 e. The summed E-state index contributed by atoms with van der Waals surface area (Å²) in [6, 6.07) is -2.11. The molecule has 4 N–H and O–H groups in total. The Bertz CT molecular complexity index is 378. The summed E-state index contributed by atoms with van der Waals surface area (Å²) in [7, 11) is 0. The standard InChI is InChI=1S/C12H20N2O6/c1-12(2-4-20-5-3-12)7-13-11(19)14-8(10(17)18)6-9(15)16/h8H,2-7H2,1H3,(H,15,16)(H,17,18)(H2,13,14,19)/t8-/m0/s1. The van der Waals surface area contributed by atoms with E-state index in [4.69, 9.17) is 14.9 Å². The second-order valence-electron chi connectivity index (χ2n) is 5.24. The van der Waals surface area contributed by atoms with Gasteiger partial charge in [-0.2, -0.15) is 0 Å². The Morgan fingerprint density at radius 3 is 2.35 bits per heavy atom. The highest BCUT2D eigenvalue weighted by Crippen LogP contribution is 2.28. The molecule has 114 valence electrons. The fourth-order valence-electron chi connectivity index (χ4n) is 1.92. The Kier molecular flexibility index (Phi) is 5.75. The van der Waals surface area contributed by atoms with Gasteiger partial charge in [0.25, 0.3) is 0 Å². The van der Waals surface area contributed by atoms with Gasteiger partial charge in [0.2, 0.25) is 0 Å². The Morgan fingerprint density at radius 1 is 1.25 bits per heavy atom. The molecule has 0 aliphatic carbocycles. The summed E-state index contributed by atoms with van der Waals surface area (Å²) in [4.78, 5) is 32.9. The predicted octanol–water partition coefficient (Wildman–Crippen LogP) is 0.0302. The topological polar surface area (TPSA) is 125 Å². The summed E-state index contributed by atoms with van der Waals surface area (Å²) in [5.74, 6) is -2.66. The van der Waals surface area contributed by atoms with Crippen molar-refractivity contribution in [2.24, 2.45) is 5.41 Å². The second-order valence-corrected chi connectivity index (χ2v) is 5.24. The van der Waals surface area contributed by atoms with E-state index in [1.54, 1.807) is 0 Å². The first-order chi connectivity index (χ1) is 9.32. The molecule has 0 spiro atoms. The average Bonchev–Trinajstić information content (AvgIpc) is 2.36. The van der Waals surface area contributed by atoms with Crippen molar-refractivity contribution in [1.82, 2.24) is 10.6 Å². The predicted molar refractivity (Wildman–Crippen MR) is 68.4 cm³/mol. The number of hydrogen-bond donors (Lipinski definition) is 4. The van der Waals surface area contributed by atoms with Crippen molar-refractivity contribution in [3.63, 3.8) is 0 Å². The summed E-state index contributed by atoms with van der Waals surface area (Å²) in [6.45, 7) is 3.68. The molecular formula is C12H20N2O6. The maximum atomic E-state index is 11.6. The van der Waals surface area contributed by atoms with Crippen LogP contribution in [-0.4, -0.2) is 54.0 Å². The molecule has 0 aromatic rings. The molecule has 20 heavy (non-hydrogen) atoms. The molecule has 1 fully saturated rings. The van der Waals surface area contributed by atoms with Gasteiger partial charge in [0.1, 0.15) is 6.04 Å². The molecule has 0 aromatic carbocycles. The van der Waals surface area contributed by atoms with Gasteiger partial charge in [0.05, 0.1) is 6.42 Å². The minimum atomic E-state index is -1.44. The molecule has 1 heterocycles. The average molecular weight is 288 g/mol. The molecular weight excluding hydrogens is 268 g/mol. The Labute approximate surface area is 116 Å². The first-order valence-corrected chi connectivity index (χ1v) is 6.39. The fourth-order valence-corrected chi connectivity index (χ4v) is 1.92. The van der Waals surface area contributed by atoms with E-state index in [9.17, 15) is 14.4 Å². The molecule has 0 unspecified atom stereocenters. The summed E-state index contributed by atoms with van der Waals surface area (Å²) >= 11 is 0. The Morgan fingerprint density at radius 2 is 1.85 bits per heavy atom. The highest BCUT2D eigenvalue weighted by molar-refractivity contribution is 5.86. The SMILES string of the molecule is CC1(CNC(=O)N[C@@H](CC(=O)O)C(=O)O)CCOCC1. The summed E-state index contributed by atoms with van der Waals surface area (Å²) in [6.07, 6.45) is 0.962. The number of ether oxygens (including phenoxy) is 1. The molecule has 8 nitrogen and oxygen atoms in total. The highest BCUT2D eigenvalue weighted by Gasteiger charge is 2.29. The van der Waals surface area contributed by atoms with E-state index in [0.29, 0.717) is 19.8 Å². The third-order valence-corrected chi connectivity index (χ3v) is 3.36. The van der Waals surface area contributed by atoms with Crippen LogP contribution < -0.4 is 10.6 Å². The first kappa shape index (κ1) is 16.2. The van der Waals surface area contributed by atoms with E-state index < -0.39 is 30.4 Å². The first-order valence-electron chi connectivity index (χ1n) is 6.39. The van der Waals surface area contributed by atoms with E-state index in [1.165, 1.54) is 0 Å². The van der Waals surface area contributed by atoms with Crippen molar-refractivity contribution in [2.45, 2.75) is 32.2 Å². The van der Waals surface area contributed by atoms with Crippen molar-refractivity contribution < 1.29 is 29.3 Å². The molecule has 1 aliphatic rings. The number of carbonyl (C=O) groups excluding carboxylic acids is 1. The molecule has 0 aromatic heterocycles. The Balaban J connectivity index is 2.41. The third-order valence-electron chi connectivity index (χ3n) is 3.36. The largest absolute Gasteiger partial charge is 0.481 e. The van der Waals surface area contributed by atoms with Gasteiger partial charge < -0.3 is 25.6 Å². The monoisotopic (exact) mass is 288 g/mol. The lowest BCUT2D eigenvalue weighted by Gasteiger charge is -2.33. The van der Waals surface area contributed by atoms with Crippen molar-refractivity contribution in [1.29, 1.82) is 0 Å². The van der Waals surface area contributed by atoms with Crippen molar-refractivity contribution in [2.75, 3.05) is 19.8 Å². The third kappa shape index (κ3) is 5.43. The molecule has 1 aliphatic heterocycles. The quantitative estimate of drug-likeness (QED) is 0.546. The van der Waals surface area contributed by atoms with Crippen LogP contribution in [0.15, 0.2) is 0 Å². The number of amides is 2. The maximum Gasteiger partial charge on any atom is 0.326 e. The zero-order chi connectivity index (χ0) is 15.2. The Hall–Kier alpha value is -1.83. The zero-order valence-electron chi connectivity index (χ0n) is 11.3. The van der Waals surface area contributed by atoms with E-state index in [2.05, 4.69) is 10.6 Å². The molecule has 8 heteroatoms. The minimum Gasteiger partial charge on any atom is -0.481 e. The minimum absolute atomic E-state index is 0.0822. The van der Waals surface area contributed by atoms with E-state index >= 15 is 0 Å². The molecule has 2 amide bonds. The molecule has 0 bridgehead atoms. The lowest BCUT2D eigenvalue weighted by molar-refractivity contribution is -0.145. The maximum absolute atomic E-state index is 11.6. The van der Waals surface area contributed by atoms with Crippen molar-refractivity contribution in [3.8, 4) is 0 Å². The van der Waals surface area contributed by atoms with Crippen LogP contribution in [-0.2, 0) is 14.3 Å². The van der Waals surface area contributed by atoms with Gasteiger partial charge in [-0.3, -0.25) is 4.79 Å². The molecule has 0 saturated carbocycles. The summed E-state index contributed by atoms with van der Waals surface area (Å²) < 4.78 is 5.24. The van der Waals surface area contributed by atoms with Gasteiger partial charge >= 0.3 is 18.0 Å². The van der Waals surface area contributed by atoms with Crippen molar-refractivity contribution in [3.05, 3.63) is 0 Å². The van der Waals surface area contributed by atoms with Crippen LogP contribution in [0.5, 0.6) is 0 Å². The highest BCUT2D eigenvalue weighted by atomic mass is 16.5. The normalized spacial score (nSPS) is 18.9. The summed E-state index contributed by atoms with van der Waals surface area (Å²) in [5, 5.41) is 22.1. The lowest BCUT2D eigenvalue weighted by atomic mass is 9.82. The van der Waals surface area contributed by atoms with Gasteiger partial charge in [-0.05, 0) is 18.3 Å². The van der Waals surface area contributed by atoms with Crippen molar-refractivity contribution >= 4 is 18.0 Å². The number of urea groups is 1. The van der Waals surface area contributed by atoms with Crippen LogP contribution in [0.3, 0.4) is 0 Å². The molecule has 1 rings (SSSR count). The van der Waals surface area contributed by atoms with Crippen LogP contribution in [0, 0.1) is 5.41 Å². The van der Waals surface area contributed by atoms with Gasteiger partial charge in [0, 0.05) is 19.8 Å². The van der Waals surface area contributed by atoms with Gasteiger partial charge in [0.15, 0.2) is 0 Å². The number of aliphatic carboxylic acids is 2.